The first kappa shape index (κ1) is 18.1. The Morgan fingerprint density at radius 1 is 1.29 bits per heavy atom. The van der Waals surface area contributed by atoms with Gasteiger partial charge in [-0.2, -0.15) is 0 Å². The summed E-state index contributed by atoms with van der Waals surface area (Å²) in [5.74, 6) is 0.747. The van der Waals surface area contributed by atoms with Gasteiger partial charge in [0.2, 0.25) is 5.24 Å². The number of rotatable bonds is 9. The molecule has 0 fully saturated rings. The van der Waals surface area contributed by atoms with Gasteiger partial charge in [0.1, 0.15) is 0 Å². The van der Waals surface area contributed by atoms with Gasteiger partial charge in [0.05, 0.1) is 5.92 Å². The van der Waals surface area contributed by atoms with Gasteiger partial charge >= 0.3 is 0 Å². The summed E-state index contributed by atoms with van der Waals surface area (Å²) in [7, 11) is 0. The van der Waals surface area contributed by atoms with Crippen molar-refractivity contribution in [2.24, 2.45) is 17.8 Å². The summed E-state index contributed by atoms with van der Waals surface area (Å²) in [5.41, 5.74) is 0. The quantitative estimate of drug-likeness (QED) is 0.319. The smallest absolute Gasteiger partial charge is 0.228 e. The van der Waals surface area contributed by atoms with Crippen LogP contribution in [0, 0.1) is 17.8 Å². The maximum absolute atomic E-state index is 11.2. The van der Waals surface area contributed by atoms with Crippen molar-refractivity contribution in [2.45, 2.75) is 31.6 Å². The molecular weight excluding hydrogens is 300 g/mol. The SMILES string of the molecule is C=CC(CC[C@H](/C=C/Sc1ccccc1)C(C)C)C(=O)Cl. The summed E-state index contributed by atoms with van der Waals surface area (Å²) < 4.78 is 0. The average molecular weight is 323 g/mol. The van der Waals surface area contributed by atoms with E-state index in [1.165, 1.54) is 4.90 Å². The molecular formula is C18H23ClOS. The monoisotopic (exact) mass is 322 g/mol. The van der Waals surface area contributed by atoms with E-state index in [9.17, 15) is 4.79 Å². The third-order valence-electron chi connectivity index (χ3n) is 3.52. The van der Waals surface area contributed by atoms with Gasteiger partial charge in [0.15, 0.2) is 0 Å². The first-order valence-electron chi connectivity index (χ1n) is 7.25. The third-order valence-corrected chi connectivity index (χ3v) is 4.63. The van der Waals surface area contributed by atoms with Gasteiger partial charge in [0, 0.05) is 4.90 Å². The average Bonchev–Trinajstić information content (AvgIpc) is 2.46. The fourth-order valence-corrected chi connectivity index (χ4v) is 3.02. The van der Waals surface area contributed by atoms with Crippen LogP contribution in [-0.4, -0.2) is 5.24 Å². The van der Waals surface area contributed by atoms with E-state index in [1.807, 2.05) is 18.2 Å². The van der Waals surface area contributed by atoms with Crippen LogP contribution in [0.1, 0.15) is 26.7 Å². The van der Waals surface area contributed by atoms with Crippen LogP contribution in [0.3, 0.4) is 0 Å². The molecule has 0 saturated carbocycles. The van der Waals surface area contributed by atoms with Gasteiger partial charge in [-0.1, -0.05) is 56.0 Å². The molecule has 0 spiro atoms. The molecule has 21 heavy (non-hydrogen) atoms. The Hall–Kier alpha value is -0.990. The highest BCUT2D eigenvalue weighted by atomic mass is 35.5. The van der Waals surface area contributed by atoms with Crippen molar-refractivity contribution in [3.8, 4) is 0 Å². The number of halogens is 1. The molecule has 114 valence electrons. The Morgan fingerprint density at radius 2 is 1.95 bits per heavy atom. The van der Waals surface area contributed by atoms with Crippen molar-refractivity contribution in [2.75, 3.05) is 0 Å². The Balaban J connectivity index is 2.53. The minimum atomic E-state index is -0.310. The number of carbonyl (C=O) groups is 1. The molecule has 2 atom stereocenters. The van der Waals surface area contributed by atoms with E-state index >= 15 is 0 Å². The maximum Gasteiger partial charge on any atom is 0.228 e. The molecule has 1 rings (SSSR count). The Kier molecular flexibility index (Phi) is 8.48. The van der Waals surface area contributed by atoms with Crippen molar-refractivity contribution in [1.29, 1.82) is 0 Å². The third kappa shape index (κ3) is 7.01. The van der Waals surface area contributed by atoms with Crippen LogP contribution >= 0.6 is 23.4 Å². The molecule has 0 aliphatic heterocycles. The van der Waals surface area contributed by atoms with Crippen LogP contribution < -0.4 is 0 Å². The van der Waals surface area contributed by atoms with Gasteiger partial charge in [-0.3, -0.25) is 4.79 Å². The summed E-state index contributed by atoms with van der Waals surface area (Å²) in [5, 5.41) is 1.83. The Morgan fingerprint density at radius 3 is 2.48 bits per heavy atom. The number of thioether (sulfide) groups is 1. The lowest BCUT2D eigenvalue weighted by molar-refractivity contribution is -0.114. The van der Waals surface area contributed by atoms with Crippen molar-refractivity contribution in [3.05, 3.63) is 54.5 Å². The van der Waals surface area contributed by atoms with Crippen LogP contribution in [0.15, 0.2) is 59.4 Å². The fourth-order valence-electron chi connectivity index (χ4n) is 2.07. The molecule has 0 saturated heterocycles. The molecule has 1 aromatic rings. The van der Waals surface area contributed by atoms with E-state index in [4.69, 9.17) is 11.6 Å². The van der Waals surface area contributed by atoms with Gasteiger partial charge in [-0.05, 0) is 53.8 Å². The molecule has 0 radical (unpaired) electrons. The Bertz CT molecular complexity index is 467. The van der Waals surface area contributed by atoms with Crippen molar-refractivity contribution >= 4 is 28.6 Å². The minimum absolute atomic E-state index is 0.233. The summed E-state index contributed by atoms with van der Waals surface area (Å²) in [6.07, 6.45) is 5.59. The van der Waals surface area contributed by atoms with Crippen molar-refractivity contribution in [3.63, 3.8) is 0 Å². The molecule has 0 aliphatic rings. The molecule has 0 bridgehead atoms. The van der Waals surface area contributed by atoms with Gasteiger partial charge in [-0.25, -0.2) is 0 Å². The summed E-state index contributed by atoms with van der Waals surface area (Å²) in [6.45, 7) is 8.08. The van der Waals surface area contributed by atoms with E-state index in [-0.39, 0.29) is 11.2 Å². The zero-order chi connectivity index (χ0) is 15.7. The first-order chi connectivity index (χ1) is 10.0. The topological polar surface area (TPSA) is 17.1 Å². The molecule has 0 heterocycles. The summed E-state index contributed by atoms with van der Waals surface area (Å²) in [4.78, 5) is 12.5. The second kappa shape index (κ2) is 9.86. The molecule has 1 nitrogen and oxygen atoms in total. The van der Waals surface area contributed by atoms with Gasteiger partial charge < -0.3 is 0 Å². The molecule has 0 aromatic heterocycles. The second-order valence-corrected chi connectivity index (χ2v) is 6.74. The molecule has 1 unspecified atom stereocenters. The standard InChI is InChI=1S/C18H23ClOS/c1-4-15(18(19)20)10-11-16(14(2)3)12-13-21-17-8-6-5-7-9-17/h4-9,12-16H,1,10-11H2,2-3H3/b13-12+/t15?,16-/m1/s1. The minimum Gasteiger partial charge on any atom is -0.281 e. The predicted octanol–water partition coefficient (Wildman–Crippen LogP) is 5.91. The highest BCUT2D eigenvalue weighted by molar-refractivity contribution is 8.02. The number of benzene rings is 1. The molecule has 3 heteroatoms. The lowest BCUT2D eigenvalue weighted by atomic mass is 9.88. The van der Waals surface area contributed by atoms with Crippen LogP contribution in [0.4, 0.5) is 0 Å². The van der Waals surface area contributed by atoms with Crippen LogP contribution in [-0.2, 0) is 4.79 Å². The predicted molar refractivity (Wildman–Crippen MR) is 93.5 cm³/mol. The lowest BCUT2D eigenvalue weighted by Crippen LogP contribution is -2.11. The van der Waals surface area contributed by atoms with Gasteiger partial charge in [-0.15, -0.1) is 6.58 Å². The maximum atomic E-state index is 11.2. The van der Waals surface area contributed by atoms with E-state index in [0.717, 1.165) is 12.8 Å². The zero-order valence-corrected chi connectivity index (χ0v) is 14.2. The van der Waals surface area contributed by atoms with Crippen LogP contribution in [0.5, 0.6) is 0 Å². The van der Waals surface area contributed by atoms with Crippen molar-refractivity contribution < 1.29 is 4.79 Å². The van der Waals surface area contributed by atoms with Gasteiger partial charge in [0.25, 0.3) is 0 Å². The molecule has 0 aliphatic carbocycles. The normalized spacial score (nSPS) is 14.3. The number of hydrogen-bond donors (Lipinski definition) is 0. The largest absolute Gasteiger partial charge is 0.281 e. The Labute approximate surface area is 137 Å². The highest BCUT2D eigenvalue weighted by Crippen LogP contribution is 2.26. The number of allylic oxidation sites excluding steroid dienone is 2. The summed E-state index contributed by atoms with van der Waals surface area (Å²) in [6, 6.07) is 10.3. The van der Waals surface area contributed by atoms with Crippen LogP contribution in [0.25, 0.3) is 0 Å². The van der Waals surface area contributed by atoms with E-state index < -0.39 is 0 Å². The lowest BCUT2D eigenvalue weighted by Gasteiger charge is -2.18. The highest BCUT2D eigenvalue weighted by Gasteiger charge is 2.16. The molecule has 0 amide bonds. The van der Waals surface area contributed by atoms with Crippen molar-refractivity contribution in [1.82, 2.24) is 0 Å². The first-order valence-corrected chi connectivity index (χ1v) is 8.50. The number of carbonyl (C=O) groups excluding carboxylic acids is 1. The van der Waals surface area contributed by atoms with E-state index in [0.29, 0.717) is 11.8 Å². The molecule has 0 N–H and O–H groups in total. The fraction of sp³-hybridized carbons (Fsp3) is 0.389. The summed E-state index contributed by atoms with van der Waals surface area (Å²) >= 11 is 7.28. The van der Waals surface area contributed by atoms with E-state index in [2.05, 4.69) is 44.0 Å². The molecule has 1 aromatic carbocycles. The number of hydrogen-bond acceptors (Lipinski definition) is 2. The van der Waals surface area contributed by atoms with Crippen LogP contribution in [0.2, 0.25) is 0 Å². The zero-order valence-electron chi connectivity index (χ0n) is 12.7. The second-order valence-electron chi connectivity index (χ2n) is 5.39. The van der Waals surface area contributed by atoms with E-state index in [1.54, 1.807) is 17.8 Å².